The first-order valence-electron chi connectivity index (χ1n) is 7.66. The Balaban J connectivity index is 0.00000242. The summed E-state index contributed by atoms with van der Waals surface area (Å²) in [5.74, 6) is 1.66. The number of aromatic nitrogens is 2. The molecule has 1 saturated heterocycles. The summed E-state index contributed by atoms with van der Waals surface area (Å²) in [6, 6.07) is 0. The maximum atomic E-state index is 5.87. The maximum Gasteiger partial charge on any atom is 0.193 e. The number of nitrogens with zero attached hydrogens (tertiary/aromatic N) is 4. The molecule has 0 aromatic carbocycles. The molecule has 1 N–H and O–H groups in total. The van der Waals surface area contributed by atoms with E-state index in [-0.39, 0.29) is 30.1 Å². The SMILES string of the molecule is CN=C(NCCC(C)C)N1CCOC(c2cnn(C)c2)C1.I. The van der Waals surface area contributed by atoms with Crippen molar-refractivity contribution in [2.75, 3.05) is 33.3 Å². The van der Waals surface area contributed by atoms with E-state index in [2.05, 4.69) is 34.2 Å². The molecule has 2 heterocycles. The second kappa shape index (κ2) is 9.34. The quantitative estimate of drug-likeness (QED) is 0.459. The largest absolute Gasteiger partial charge is 0.370 e. The summed E-state index contributed by atoms with van der Waals surface area (Å²) in [6.45, 7) is 7.82. The lowest BCUT2D eigenvalue weighted by Gasteiger charge is -2.34. The molecular weight excluding hydrogens is 393 g/mol. The fourth-order valence-corrected chi connectivity index (χ4v) is 2.45. The van der Waals surface area contributed by atoms with Gasteiger partial charge in [0.05, 0.1) is 19.3 Å². The molecule has 6 nitrogen and oxygen atoms in total. The molecule has 0 aliphatic carbocycles. The molecule has 1 unspecified atom stereocenters. The number of halogens is 1. The highest BCUT2D eigenvalue weighted by Gasteiger charge is 2.24. The lowest BCUT2D eigenvalue weighted by atomic mass is 10.1. The van der Waals surface area contributed by atoms with Crippen molar-refractivity contribution in [3.8, 4) is 0 Å². The van der Waals surface area contributed by atoms with Crippen LogP contribution in [0.25, 0.3) is 0 Å². The summed E-state index contributed by atoms with van der Waals surface area (Å²) in [7, 11) is 3.77. The fraction of sp³-hybridized carbons (Fsp3) is 0.733. The van der Waals surface area contributed by atoms with Crippen LogP contribution in [0.1, 0.15) is 31.9 Å². The average Bonchev–Trinajstić information content (AvgIpc) is 2.90. The van der Waals surface area contributed by atoms with E-state index in [4.69, 9.17) is 4.74 Å². The Labute approximate surface area is 150 Å². The van der Waals surface area contributed by atoms with Crippen LogP contribution in [0.3, 0.4) is 0 Å². The van der Waals surface area contributed by atoms with Crippen molar-refractivity contribution >= 4 is 29.9 Å². The summed E-state index contributed by atoms with van der Waals surface area (Å²) in [6.07, 6.45) is 5.11. The van der Waals surface area contributed by atoms with E-state index < -0.39 is 0 Å². The fourth-order valence-electron chi connectivity index (χ4n) is 2.45. The molecule has 1 aromatic rings. The van der Waals surface area contributed by atoms with E-state index in [1.807, 2.05) is 31.2 Å². The first-order chi connectivity index (χ1) is 10.1. The van der Waals surface area contributed by atoms with Gasteiger partial charge in [-0.1, -0.05) is 13.8 Å². The van der Waals surface area contributed by atoms with Crippen LogP contribution in [-0.4, -0.2) is 53.9 Å². The van der Waals surface area contributed by atoms with Crippen molar-refractivity contribution in [1.29, 1.82) is 0 Å². The number of hydrogen-bond acceptors (Lipinski definition) is 3. The summed E-state index contributed by atoms with van der Waals surface area (Å²) < 4.78 is 7.68. The molecule has 1 aliphatic heterocycles. The van der Waals surface area contributed by atoms with Gasteiger partial charge < -0.3 is 15.0 Å². The molecule has 0 radical (unpaired) electrons. The van der Waals surface area contributed by atoms with Crippen molar-refractivity contribution in [3.63, 3.8) is 0 Å². The summed E-state index contributed by atoms with van der Waals surface area (Å²) in [4.78, 5) is 6.66. The number of aliphatic imine (C=N–C) groups is 1. The van der Waals surface area contributed by atoms with E-state index in [1.54, 1.807) is 0 Å². The highest BCUT2D eigenvalue weighted by atomic mass is 127. The third-order valence-corrected chi connectivity index (χ3v) is 3.68. The minimum atomic E-state index is 0. The average molecular weight is 421 g/mol. The van der Waals surface area contributed by atoms with Crippen LogP contribution in [0.5, 0.6) is 0 Å². The summed E-state index contributed by atoms with van der Waals surface area (Å²) in [5, 5.41) is 7.67. The van der Waals surface area contributed by atoms with Gasteiger partial charge in [-0.2, -0.15) is 5.10 Å². The van der Waals surface area contributed by atoms with Crippen molar-refractivity contribution < 1.29 is 4.74 Å². The van der Waals surface area contributed by atoms with Gasteiger partial charge in [-0.15, -0.1) is 24.0 Å². The second-order valence-corrected chi connectivity index (χ2v) is 5.91. The van der Waals surface area contributed by atoms with Gasteiger partial charge >= 0.3 is 0 Å². The van der Waals surface area contributed by atoms with Gasteiger partial charge in [0, 0.05) is 38.9 Å². The molecule has 0 spiro atoms. The third kappa shape index (κ3) is 5.42. The first-order valence-corrected chi connectivity index (χ1v) is 7.66. The van der Waals surface area contributed by atoms with Gasteiger partial charge in [-0.25, -0.2) is 0 Å². The number of hydrogen-bond donors (Lipinski definition) is 1. The monoisotopic (exact) mass is 421 g/mol. The van der Waals surface area contributed by atoms with E-state index >= 15 is 0 Å². The zero-order chi connectivity index (χ0) is 15.2. The zero-order valence-electron chi connectivity index (χ0n) is 14.0. The van der Waals surface area contributed by atoms with Gasteiger partial charge in [-0.05, 0) is 12.3 Å². The van der Waals surface area contributed by atoms with E-state index in [1.165, 1.54) is 0 Å². The van der Waals surface area contributed by atoms with Gasteiger partial charge in [0.15, 0.2) is 5.96 Å². The minimum absolute atomic E-state index is 0. The Morgan fingerprint density at radius 3 is 2.91 bits per heavy atom. The Kier molecular flexibility index (Phi) is 8.16. The molecule has 7 heteroatoms. The van der Waals surface area contributed by atoms with Crippen LogP contribution in [0.4, 0.5) is 0 Å². The number of ether oxygens (including phenoxy) is 1. The topological polar surface area (TPSA) is 54.7 Å². The Morgan fingerprint density at radius 2 is 2.32 bits per heavy atom. The predicted molar refractivity (Wildman–Crippen MR) is 99.7 cm³/mol. The molecule has 2 rings (SSSR count). The third-order valence-electron chi connectivity index (χ3n) is 3.68. The van der Waals surface area contributed by atoms with Crippen LogP contribution >= 0.6 is 24.0 Å². The molecule has 22 heavy (non-hydrogen) atoms. The Morgan fingerprint density at radius 1 is 1.55 bits per heavy atom. The van der Waals surface area contributed by atoms with Crippen LogP contribution in [0, 0.1) is 5.92 Å². The highest BCUT2D eigenvalue weighted by Crippen LogP contribution is 2.21. The molecule has 1 aliphatic rings. The van der Waals surface area contributed by atoms with Crippen LogP contribution in [0.15, 0.2) is 17.4 Å². The molecule has 0 amide bonds. The molecule has 1 atom stereocenters. The lowest BCUT2D eigenvalue weighted by Crippen LogP contribution is -2.48. The van der Waals surface area contributed by atoms with E-state index in [0.29, 0.717) is 12.5 Å². The number of guanidine groups is 1. The standard InChI is InChI=1S/C15H27N5O.HI/c1-12(2)5-6-17-15(16-3)20-7-8-21-14(11-20)13-9-18-19(4)10-13;/h9-10,12,14H,5-8,11H2,1-4H3,(H,16,17);1H. The van der Waals surface area contributed by atoms with Gasteiger partial charge in [0.2, 0.25) is 0 Å². The summed E-state index contributed by atoms with van der Waals surface area (Å²) >= 11 is 0. The van der Waals surface area contributed by atoms with Crippen molar-refractivity contribution in [2.24, 2.45) is 18.0 Å². The van der Waals surface area contributed by atoms with E-state index in [9.17, 15) is 0 Å². The smallest absolute Gasteiger partial charge is 0.193 e. The van der Waals surface area contributed by atoms with Gasteiger partial charge in [0.1, 0.15) is 6.10 Å². The molecular formula is C15H28IN5O. The van der Waals surface area contributed by atoms with Crippen molar-refractivity contribution in [3.05, 3.63) is 18.0 Å². The number of rotatable bonds is 4. The zero-order valence-corrected chi connectivity index (χ0v) is 16.3. The normalized spacial score (nSPS) is 19.2. The maximum absolute atomic E-state index is 5.87. The van der Waals surface area contributed by atoms with Crippen LogP contribution in [0.2, 0.25) is 0 Å². The summed E-state index contributed by atoms with van der Waals surface area (Å²) in [5.41, 5.74) is 1.12. The number of morpholine rings is 1. The molecule has 126 valence electrons. The van der Waals surface area contributed by atoms with Gasteiger partial charge in [-0.3, -0.25) is 9.67 Å². The van der Waals surface area contributed by atoms with Gasteiger partial charge in [0.25, 0.3) is 0 Å². The molecule has 0 saturated carbocycles. The van der Waals surface area contributed by atoms with Crippen molar-refractivity contribution in [2.45, 2.75) is 26.4 Å². The first kappa shape index (κ1) is 19.2. The van der Waals surface area contributed by atoms with E-state index in [0.717, 1.165) is 37.6 Å². The minimum Gasteiger partial charge on any atom is -0.370 e. The van der Waals surface area contributed by atoms with Crippen LogP contribution < -0.4 is 5.32 Å². The second-order valence-electron chi connectivity index (χ2n) is 5.91. The highest BCUT2D eigenvalue weighted by molar-refractivity contribution is 14.0. The molecule has 0 bridgehead atoms. The number of nitrogens with one attached hydrogen (secondary N) is 1. The van der Waals surface area contributed by atoms with Crippen LogP contribution in [-0.2, 0) is 11.8 Å². The lowest BCUT2D eigenvalue weighted by molar-refractivity contribution is -0.00803. The number of aryl methyl sites for hydroxylation is 1. The Bertz CT molecular complexity index is 474. The molecule has 1 fully saturated rings. The Hall–Kier alpha value is -0.830. The van der Waals surface area contributed by atoms with Crippen molar-refractivity contribution in [1.82, 2.24) is 20.0 Å². The predicted octanol–water partition coefficient (Wildman–Crippen LogP) is 2.03. The molecule has 1 aromatic heterocycles.